The Morgan fingerprint density at radius 3 is 2.52 bits per heavy atom. The van der Waals surface area contributed by atoms with Gasteiger partial charge in [-0.2, -0.15) is 21.6 Å². The predicted octanol–water partition coefficient (Wildman–Crippen LogP) is 4.65. The Bertz CT molecular complexity index is 1020. The van der Waals surface area contributed by atoms with E-state index < -0.39 is 15.5 Å². The molecular weight excluding hydrogens is 401 g/mol. The first-order chi connectivity index (χ1) is 12.7. The molecule has 142 valence electrons. The van der Waals surface area contributed by atoms with E-state index in [4.69, 9.17) is 4.74 Å². The van der Waals surface area contributed by atoms with Gasteiger partial charge in [0.05, 0.1) is 11.4 Å². The maximum absolute atomic E-state index is 12.4. The minimum Gasteiger partial charge on any atom is -0.487 e. The average molecular weight is 414 g/mol. The minimum atomic E-state index is -5.48. The largest absolute Gasteiger partial charge is 0.516 e. The molecule has 0 bridgehead atoms. The zero-order chi connectivity index (χ0) is 19.5. The monoisotopic (exact) mass is 414 g/mol. The van der Waals surface area contributed by atoms with Crippen molar-refractivity contribution in [3.05, 3.63) is 65.7 Å². The number of rotatable bonds is 6. The van der Waals surface area contributed by atoms with Gasteiger partial charge in [-0.25, -0.2) is 4.98 Å². The van der Waals surface area contributed by atoms with Gasteiger partial charge in [0.15, 0.2) is 0 Å². The lowest BCUT2D eigenvalue weighted by Gasteiger charge is -2.11. The first kappa shape index (κ1) is 19.2. The molecule has 27 heavy (non-hydrogen) atoms. The summed E-state index contributed by atoms with van der Waals surface area (Å²) >= 11 is 1.44. The van der Waals surface area contributed by atoms with Crippen molar-refractivity contribution in [3.63, 3.8) is 0 Å². The number of halogens is 3. The van der Waals surface area contributed by atoms with E-state index in [0.29, 0.717) is 5.69 Å². The standard InChI is InChI=1S/C17H13F3N2O3S2/c18-17(19,20)27(23,24)22-13-7-4-8-15(9-13)25-10-14-11-26-16(21-14)12-5-2-1-3-6-12/h1-9,11,22H,10H2. The van der Waals surface area contributed by atoms with Crippen LogP contribution >= 0.6 is 11.3 Å². The molecule has 0 aliphatic heterocycles. The maximum Gasteiger partial charge on any atom is 0.516 e. The summed E-state index contributed by atoms with van der Waals surface area (Å²) in [5.41, 5.74) is -4.01. The Balaban J connectivity index is 1.67. The molecular formula is C17H13F3N2O3S2. The Morgan fingerprint density at radius 2 is 1.81 bits per heavy atom. The maximum atomic E-state index is 12.4. The molecule has 0 aliphatic carbocycles. The molecule has 0 saturated carbocycles. The SMILES string of the molecule is O=S(=O)(Nc1cccc(OCc2csc(-c3ccccc3)n2)c1)C(F)(F)F. The van der Waals surface area contributed by atoms with E-state index >= 15 is 0 Å². The second-order valence-electron chi connectivity index (χ2n) is 5.38. The highest BCUT2D eigenvalue weighted by Crippen LogP contribution is 2.28. The fourth-order valence-corrected chi connectivity index (χ4v) is 3.47. The molecule has 3 rings (SSSR count). The van der Waals surface area contributed by atoms with Crippen LogP contribution in [0, 0.1) is 0 Å². The highest BCUT2D eigenvalue weighted by atomic mass is 32.2. The number of aromatic nitrogens is 1. The lowest BCUT2D eigenvalue weighted by atomic mass is 10.2. The van der Waals surface area contributed by atoms with Crippen LogP contribution < -0.4 is 9.46 Å². The summed E-state index contributed by atoms with van der Waals surface area (Å²) in [5, 5.41) is 2.64. The number of ether oxygens (including phenoxy) is 1. The van der Waals surface area contributed by atoms with Crippen LogP contribution in [0.3, 0.4) is 0 Å². The van der Waals surface area contributed by atoms with Gasteiger partial charge < -0.3 is 4.74 Å². The zero-order valence-corrected chi connectivity index (χ0v) is 15.2. The highest BCUT2D eigenvalue weighted by molar-refractivity contribution is 7.93. The van der Waals surface area contributed by atoms with E-state index in [1.165, 1.54) is 40.3 Å². The van der Waals surface area contributed by atoms with Crippen LogP contribution in [-0.4, -0.2) is 18.9 Å². The third-order valence-electron chi connectivity index (χ3n) is 3.35. The molecule has 0 radical (unpaired) electrons. The van der Waals surface area contributed by atoms with Gasteiger partial charge in [-0.15, -0.1) is 11.3 Å². The van der Waals surface area contributed by atoms with Crippen LogP contribution in [0.25, 0.3) is 10.6 Å². The first-order valence-electron chi connectivity index (χ1n) is 7.56. The fraction of sp³-hybridized carbons (Fsp3) is 0.118. The van der Waals surface area contributed by atoms with Gasteiger partial charge in [-0.1, -0.05) is 36.4 Å². The Hall–Kier alpha value is -2.59. The number of benzene rings is 2. The van der Waals surface area contributed by atoms with E-state index in [1.807, 2.05) is 35.7 Å². The van der Waals surface area contributed by atoms with Crippen LogP contribution in [0.15, 0.2) is 60.0 Å². The molecule has 0 saturated heterocycles. The molecule has 0 atom stereocenters. The van der Waals surface area contributed by atoms with Gasteiger partial charge >= 0.3 is 15.5 Å². The molecule has 0 aliphatic rings. The quantitative estimate of drug-likeness (QED) is 0.638. The molecule has 1 aromatic heterocycles. The number of alkyl halides is 3. The van der Waals surface area contributed by atoms with Crippen molar-refractivity contribution in [2.75, 3.05) is 4.72 Å². The van der Waals surface area contributed by atoms with Gasteiger partial charge in [0.2, 0.25) is 0 Å². The van der Waals surface area contributed by atoms with Gasteiger partial charge in [-0.05, 0) is 12.1 Å². The summed E-state index contributed by atoms with van der Waals surface area (Å²) in [6.07, 6.45) is 0. The molecule has 3 aromatic rings. The lowest BCUT2D eigenvalue weighted by Crippen LogP contribution is -2.29. The molecule has 2 aromatic carbocycles. The van der Waals surface area contributed by atoms with Crippen molar-refractivity contribution in [3.8, 4) is 16.3 Å². The zero-order valence-electron chi connectivity index (χ0n) is 13.6. The Morgan fingerprint density at radius 1 is 1.07 bits per heavy atom. The van der Waals surface area contributed by atoms with Crippen molar-refractivity contribution in [2.24, 2.45) is 0 Å². The first-order valence-corrected chi connectivity index (χ1v) is 9.93. The van der Waals surface area contributed by atoms with Gasteiger partial charge in [-0.3, -0.25) is 4.72 Å². The lowest BCUT2D eigenvalue weighted by molar-refractivity contribution is -0.0429. The van der Waals surface area contributed by atoms with Crippen molar-refractivity contribution >= 4 is 27.0 Å². The van der Waals surface area contributed by atoms with Gasteiger partial charge in [0.1, 0.15) is 17.4 Å². The summed E-state index contributed by atoms with van der Waals surface area (Å²) in [6.45, 7) is 0.0960. The van der Waals surface area contributed by atoms with Crippen LogP contribution in [0.1, 0.15) is 5.69 Å². The third kappa shape index (κ3) is 4.77. The third-order valence-corrected chi connectivity index (χ3v) is 5.40. The topological polar surface area (TPSA) is 68.3 Å². The van der Waals surface area contributed by atoms with Crippen LogP contribution in [0.2, 0.25) is 0 Å². The van der Waals surface area contributed by atoms with E-state index in [9.17, 15) is 21.6 Å². The minimum absolute atomic E-state index is 0.0960. The molecule has 1 N–H and O–H groups in total. The molecule has 0 spiro atoms. The smallest absolute Gasteiger partial charge is 0.487 e. The summed E-state index contributed by atoms with van der Waals surface area (Å²) in [4.78, 5) is 4.44. The second-order valence-corrected chi connectivity index (χ2v) is 7.91. The number of hydrogen-bond acceptors (Lipinski definition) is 5. The van der Waals surface area contributed by atoms with Gasteiger partial charge in [0.25, 0.3) is 0 Å². The average Bonchev–Trinajstić information content (AvgIpc) is 3.09. The number of hydrogen-bond donors (Lipinski definition) is 1. The highest BCUT2D eigenvalue weighted by Gasteiger charge is 2.46. The van der Waals surface area contributed by atoms with Crippen LogP contribution in [-0.2, 0) is 16.6 Å². The number of sulfonamides is 1. The van der Waals surface area contributed by atoms with Crippen molar-refractivity contribution in [1.82, 2.24) is 4.98 Å². The Labute approximate surface area is 157 Å². The number of nitrogens with one attached hydrogen (secondary N) is 1. The normalized spacial score (nSPS) is 12.0. The molecule has 0 fully saturated rings. The molecule has 10 heteroatoms. The molecule has 1 heterocycles. The van der Waals surface area contributed by atoms with Crippen molar-refractivity contribution in [1.29, 1.82) is 0 Å². The van der Waals surface area contributed by atoms with E-state index in [-0.39, 0.29) is 18.0 Å². The number of anilines is 1. The predicted molar refractivity (Wildman–Crippen MR) is 96.9 cm³/mol. The van der Waals surface area contributed by atoms with Crippen LogP contribution in [0.5, 0.6) is 5.75 Å². The summed E-state index contributed by atoms with van der Waals surface area (Å²) in [5.74, 6) is 0.214. The molecule has 0 unspecified atom stereocenters. The molecule has 5 nitrogen and oxygen atoms in total. The second kappa shape index (κ2) is 7.57. The van der Waals surface area contributed by atoms with Crippen molar-refractivity contribution < 1.29 is 26.3 Å². The fourth-order valence-electron chi connectivity index (χ4n) is 2.11. The van der Waals surface area contributed by atoms with E-state index in [0.717, 1.165) is 10.6 Å². The van der Waals surface area contributed by atoms with E-state index in [1.54, 1.807) is 0 Å². The number of nitrogens with zero attached hydrogens (tertiary/aromatic N) is 1. The van der Waals surface area contributed by atoms with Crippen LogP contribution in [0.4, 0.5) is 18.9 Å². The summed E-state index contributed by atoms with van der Waals surface area (Å²) in [6, 6.07) is 14.8. The van der Waals surface area contributed by atoms with E-state index in [2.05, 4.69) is 4.98 Å². The van der Waals surface area contributed by atoms with Gasteiger partial charge in [0, 0.05) is 17.0 Å². The summed E-state index contributed by atoms with van der Waals surface area (Å²) < 4.78 is 66.6. The number of thiazole rings is 1. The Kier molecular flexibility index (Phi) is 5.38. The molecule has 0 amide bonds. The summed E-state index contributed by atoms with van der Waals surface area (Å²) in [7, 11) is -5.48. The van der Waals surface area contributed by atoms with Crippen molar-refractivity contribution in [2.45, 2.75) is 12.1 Å².